The second-order valence-corrected chi connectivity index (χ2v) is 10.2. The van der Waals surface area contributed by atoms with Crippen molar-refractivity contribution < 1.29 is 24.2 Å². The Morgan fingerprint density at radius 1 is 0.943 bits per heavy atom. The van der Waals surface area contributed by atoms with Gasteiger partial charge in [-0.3, -0.25) is 4.79 Å². The molecule has 3 aliphatic carbocycles. The minimum atomic E-state index is -1.09. The molecule has 0 spiro atoms. The van der Waals surface area contributed by atoms with E-state index in [4.69, 9.17) is 4.74 Å². The summed E-state index contributed by atoms with van der Waals surface area (Å²) in [5, 5.41) is 12.5. The number of hydrogen-bond acceptors (Lipinski definition) is 4. The third-order valence-electron chi connectivity index (χ3n) is 8.25. The quantitative estimate of drug-likeness (QED) is 0.611. The molecule has 5 rings (SSSR count). The van der Waals surface area contributed by atoms with E-state index in [2.05, 4.69) is 29.6 Å². The molecule has 7 nitrogen and oxygen atoms in total. The van der Waals surface area contributed by atoms with Crippen molar-refractivity contribution in [3.63, 3.8) is 0 Å². The number of carboxylic acid groups (broad SMARTS) is 1. The van der Waals surface area contributed by atoms with Gasteiger partial charge in [0.15, 0.2) is 0 Å². The number of benzene rings is 2. The number of nitrogens with one attached hydrogen (secondary N) is 1. The Labute approximate surface area is 205 Å². The highest BCUT2D eigenvalue weighted by atomic mass is 16.5. The highest BCUT2D eigenvalue weighted by Gasteiger charge is 2.58. The molecule has 0 aromatic heterocycles. The van der Waals surface area contributed by atoms with Crippen LogP contribution in [-0.2, 0) is 14.3 Å². The minimum absolute atomic E-state index is 0.0325. The van der Waals surface area contributed by atoms with Gasteiger partial charge in [0.2, 0.25) is 5.91 Å². The molecule has 0 bridgehead atoms. The number of hydrogen-bond donors (Lipinski definition) is 2. The van der Waals surface area contributed by atoms with Crippen molar-refractivity contribution >= 4 is 18.0 Å². The highest BCUT2D eigenvalue weighted by molar-refractivity contribution is 5.92. The van der Waals surface area contributed by atoms with E-state index >= 15 is 0 Å². The number of rotatable bonds is 7. The zero-order valence-corrected chi connectivity index (χ0v) is 20.1. The topological polar surface area (TPSA) is 95.9 Å². The molecule has 35 heavy (non-hydrogen) atoms. The lowest BCUT2D eigenvalue weighted by Gasteiger charge is -2.40. The molecule has 2 N–H and O–H groups in total. The summed E-state index contributed by atoms with van der Waals surface area (Å²) in [6, 6.07) is 16.3. The molecule has 2 aromatic carbocycles. The molecular formula is C28H32N2O5. The Kier molecular flexibility index (Phi) is 6.03. The summed E-state index contributed by atoms with van der Waals surface area (Å²) >= 11 is 0. The van der Waals surface area contributed by atoms with Crippen molar-refractivity contribution in [1.82, 2.24) is 10.2 Å². The maximum atomic E-state index is 13.5. The van der Waals surface area contributed by atoms with E-state index < -0.39 is 23.0 Å². The molecule has 2 amide bonds. The monoisotopic (exact) mass is 476 g/mol. The molecule has 0 atom stereocenters. The van der Waals surface area contributed by atoms with Crippen LogP contribution < -0.4 is 5.32 Å². The second-order valence-electron chi connectivity index (χ2n) is 10.2. The van der Waals surface area contributed by atoms with Crippen LogP contribution in [0.15, 0.2) is 48.5 Å². The van der Waals surface area contributed by atoms with E-state index in [1.54, 1.807) is 7.05 Å². The molecule has 0 heterocycles. The van der Waals surface area contributed by atoms with Gasteiger partial charge in [-0.25, -0.2) is 9.59 Å². The largest absolute Gasteiger partial charge is 0.479 e. The van der Waals surface area contributed by atoms with Crippen LogP contribution in [0.3, 0.4) is 0 Å². The molecule has 2 saturated carbocycles. The van der Waals surface area contributed by atoms with Gasteiger partial charge in [0.05, 0.1) is 5.41 Å². The van der Waals surface area contributed by atoms with Crippen molar-refractivity contribution in [1.29, 1.82) is 0 Å². The number of fused-ring (bicyclic) bond motifs is 3. The molecular weight excluding hydrogens is 444 g/mol. The molecule has 0 saturated heterocycles. The number of aliphatic carboxylic acids is 1. The maximum absolute atomic E-state index is 13.5. The van der Waals surface area contributed by atoms with Crippen LogP contribution in [0.1, 0.15) is 62.0 Å². The minimum Gasteiger partial charge on any atom is -0.479 e. The van der Waals surface area contributed by atoms with Gasteiger partial charge in [-0.1, -0.05) is 67.8 Å². The molecule has 0 unspecified atom stereocenters. The number of likely N-dealkylation sites (N-methyl/N-ethyl adjacent to an activating group) is 1. The lowest BCUT2D eigenvalue weighted by Crippen LogP contribution is -2.55. The zero-order chi connectivity index (χ0) is 24.6. The Hall–Kier alpha value is -3.35. The van der Waals surface area contributed by atoms with E-state index in [-0.39, 0.29) is 25.0 Å². The fourth-order valence-corrected chi connectivity index (χ4v) is 5.95. The van der Waals surface area contributed by atoms with E-state index in [1.165, 1.54) is 16.0 Å². The lowest BCUT2D eigenvalue weighted by molar-refractivity contribution is -0.156. The summed E-state index contributed by atoms with van der Waals surface area (Å²) in [7, 11) is 1.59. The Bertz CT molecular complexity index is 1100. The Balaban J connectivity index is 1.25. The van der Waals surface area contributed by atoms with Crippen molar-refractivity contribution in [3.8, 4) is 11.1 Å². The first-order valence-corrected chi connectivity index (χ1v) is 12.5. The molecule has 7 heteroatoms. The number of nitrogens with zero attached hydrogens (tertiary/aromatic N) is 1. The first-order chi connectivity index (χ1) is 16.9. The Morgan fingerprint density at radius 3 is 2.06 bits per heavy atom. The zero-order valence-electron chi connectivity index (χ0n) is 20.1. The molecule has 2 aromatic rings. The van der Waals surface area contributed by atoms with Gasteiger partial charge in [0.1, 0.15) is 12.1 Å². The summed E-state index contributed by atoms with van der Waals surface area (Å²) in [4.78, 5) is 39.5. The van der Waals surface area contributed by atoms with Crippen LogP contribution in [-0.4, -0.2) is 53.7 Å². The third kappa shape index (κ3) is 4.07. The van der Waals surface area contributed by atoms with Gasteiger partial charge in [0, 0.05) is 19.5 Å². The van der Waals surface area contributed by atoms with Gasteiger partial charge in [-0.15, -0.1) is 0 Å². The number of carbonyl (C=O) groups excluding carboxylic acids is 2. The van der Waals surface area contributed by atoms with Gasteiger partial charge >= 0.3 is 12.1 Å². The standard InChI is InChI=1S/C28H32N2O5/c1-30(28(15-16-28)25(32)33)24(31)27(13-7-2-8-14-27)18-29-26(34)35-17-23-21-11-5-3-9-19(21)20-10-4-6-12-22(20)23/h3-6,9-12,23H,2,7-8,13-18H2,1H3,(H,29,34)(H,32,33). The van der Waals surface area contributed by atoms with Crippen LogP contribution in [0.4, 0.5) is 4.79 Å². The molecule has 184 valence electrons. The summed E-state index contributed by atoms with van der Waals surface area (Å²) in [6.45, 7) is 0.366. The molecule has 3 aliphatic rings. The van der Waals surface area contributed by atoms with Crippen LogP contribution in [0.25, 0.3) is 11.1 Å². The summed E-state index contributed by atoms with van der Waals surface area (Å²) in [5.74, 6) is -1.17. The highest BCUT2D eigenvalue weighted by Crippen LogP contribution is 2.46. The number of ether oxygens (including phenoxy) is 1. The summed E-state index contributed by atoms with van der Waals surface area (Å²) in [6.07, 6.45) is 4.46. The van der Waals surface area contributed by atoms with Crippen molar-refractivity contribution in [2.45, 2.75) is 56.4 Å². The maximum Gasteiger partial charge on any atom is 0.407 e. The van der Waals surface area contributed by atoms with Crippen molar-refractivity contribution in [2.24, 2.45) is 5.41 Å². The van der Waals surface area contributed by atoms with Crippen LogP contribution >= 0.6 is 0 Å². The van der Waals surface area contributed by atoms with Gasteiger partial charge < -0.3 is 20.1 Å². The number of carbonyl (C=O) groups is 3. The summed E-state index contributed by atoms with van der Waals surface area (Å²) in [5.41, 5.74) is 2.74. The Morgan fingerprint density at radius 2 is 1.51 bits per heavy atom. The van der Waals surface area contributed by atoms with E-state index in [0.29, 0.717) is 25.7 Å². The second kappa shape index (κ2) is 9.02. The first-order valence-electron chi connectivity index (χ1n) is 12.5. The number of carboxylic acids is 1. The van der Waals surface area contributed by atoms with Crippen LogP contribution in [0.5, 0.6) is 0 Å². The fraction of sp³-hybridized carbons (Fsp3) is 0.464. The smallest absolute Gasteiger partial charge is 0.407 e. The van der Waals surface area contributed by atoms with E-state index in [1.807, 2.05) is 24.3 Å². The summed E-state index contributed by atoms with van der Waals surface area (Å²) < 4.78 is 5.66. The molecule has 2 fully saturated rings. The SMILES string of the molecule is CN(C(=O)C1(CNC(=O)OCC2c3ccccc3-c3ccccc32)CCCCC1)C1(C(=O)O)CC1. The predicted octanol–water partition coefficient (Wildman–Crippen LogP) is 4.55. The molecule has 0 radical (unpaired) electrons. The fourth-order valence-electron chi connectivity index (χ4n) is 5.95. The first kappa shape index (κ1) is 23.4. The van der Waals surface area contributed by atoms with E-state index in [9.17, 15) is 19.5 Å². The number of alkyl carbamates (subject to hydrolysis) is 1. The van der Waals surface area contributed by atoms with Crippen molar-refractivity contribution in [3.05, 3.63) is 59.7 Å². The van der Waals surface area contributed by atoms with Gasteiger partial charge in [0.25, 0.3) is 0 Å². The van der Waals surface area contributed by atoms with Crippen molar-refractivity contribution in [2.75, 3.05) is 20.2 Å². The van der Waals surface area contributed by atoms with Gasteiger partial charge in [-0.2, -0.15) is 0 Å². The van der Waals surface area contributed by atoms with Crippen LogP contribution in [0.2, 0.25) is 0 Å². The number of amides is 2. The van der Waals surface area contributed by atoms with Crippen LogP contribution in [0, 0.1) is 5.41 Å². The normalized spacial score (nSPS) is 19.2. The van der Waals surface area contributed by atoms with E-state index in [0.717, 1.165) is 30.4 Å². The van der Waals surface area contributed by atoms with Gasteiger partial charge in [-0.05, 0) is 47.9 Å². The lowest BCUT2D eigenvalue weighted by atomic mass is 9.72. The predicted molar refractivity (Wildman–Crippen MR) is 131 cm³/mol. The molecule has 0 aliphatic heterocycles. The average molecular weight is 477 g/mol. The average Bonchev–Trinajstić information content (AvgIpc) is 3.64. The third-order valence-corrected chi connectivity index (χ3v) is 8.25.